The highest BCUT2D eigenvalue weighted by molar-refractivity contribution is 5.17. The third-order valence-corrected chi connectivity index (χ3v) is 11.9. The minimum Gasteiger partial charge on any atom is -0.393 e. The summed E-state index contributed by atoms with van der Waals surface area (Å²) in [5.74, 6) is 3.22. The number of hydrogen-bond acceptors (Lipinski definition) is 4. The Morgan fingerprint density at radius 1 is 0.938 bits per heavy atom. The van der Waals surface area contributed by atoms with Gasteiger partial charge >= 0.3 is 0 Å². The molecule has 186 valence electrons. The van der Waals surface area contributed by atoms with E-state index in [4.69, 9.17) is 0 Å². The number of fused-ring (bicyclic) bond motifs is 5. The normalized spacial score (nSPS) is 50.8. The summed E-state index contributed by atoms with van der Waals surface area (Å²) in [5.41, 5.74) is -1.73. The fourth-order valence-corrected chi connectivity index (χ4v) is 9.30. The molecule has 0 heterocycles. The van der Waals surface area contributed by atoms with Crippen LogP contribution >= 0.6 is 0 Å². The van der Waals surface area contributed by atoms with E-state index in [-0.39, 0.29) is 5.41 Å². The minimum absolute atomic E-state index is 0.290. The van der Waals surface area contributed by atoms with Crippen LogP contribution in [0.4, 0.5) is 0 Å². The first-order valence-corrected chi connectivity index (χ1v) is 13.5. The Bertz CT molecular complexity index is 687. The molecule has 4 nitrogen and oxygen atoms in total. The molecule has 4 aliphatic carbocycles. The molecule has 4 fully saturated rings. The third-order valence-electron chi connectivity index (χ3n) is 11.9. The monoisotopic (exact) mass is 450 g/mol. The Balaban J connectivity index is 1.51. The molecule has 0 aromatic rings. The largest absolute Gasteiger partial charge is 0.393 e. The predicted octanol–water partition coefficient (Wildman–Crippen LogP) is 4.92. The van der Waals surface area contributed by atoms with E-state index >= 15 is 0 Å². The van der Waals surface area contributed by atoms with Gasteiger partial charge in [-0.3, -0.25) is 0 Å². The fraction of sp³-hybridized carbons (Fsp3) is 1.00. The molecule has 11 atom stereocenters. The topological polar surface area (TPSA) is 80.9 Å². The number of aliphatic hydroxyl groups is 4. The molecular weight excluding hydrogens is 400 g/mol. The van der Waals surface area contributed by atoms with Crippen LogP contribution in [0.3, 0.4) is 0 Å². The van der Waals surface area contributed by atoms with Crippen LogP contribution in [0.1, 0.15) is 106 Å². The van der Waals surface area contributed by atoms with Crippen molar-refractivity contribution in [3.63, 3.8) is 0 Å². The van der Waals surface area contributed by atoms with Crippen molar-refractivity contribution in [2.75, 3.05) is 0 Å². The molecule has 4 rings (SSSR count). The summed E-state index contributed by atoms with van der Waals surface area (Å²) in [6.07, 6.45) is 8.50. The molecule has 0 radical (unpaired) electrons. The number of rotatable bonds is 5. The van der Waals surface area contributed by atoms with Gasteiger partial charge < -0.3 is 20.4 Å². The van der Waals surface area contributed by atoms with Gasteiger partial charge in [0.05, 0.1) is 23.4 Å². The van der Waals surface area contributed by atoms with E-state index in [1.807, 2.05) is 13.8 Å². The lowest BCUT2D eigenvalue weighted by molar-refractivity contribution is -0.264. The standard InChI is InChI=1S/C28H50O4/c1-17(7-8-18(2)25(3,4)31)21-9-10-22-20-15-24(30)28(32)16-19(29)11-14-27(28,6)23(20)12-13-26(21,22)5/h17-24,29-32H,7-16H2,1-6H3/t17-,18+,19+,20+,21-,22+,23+,24+,26-,27-,28-/m1/s1. The SMILES string of the molecule is C[C@H](CC[C@H](C)C(C)(C)O)[C@H]1CC[C@H]2[C@@H]3C[C@H](O)[C@]4(O)C[C@@H](O)CC[C@]4(C)[C@H]3CC[C@]12C. The molecule has 0 aromatic carbocycles. The Morgan fingerprint density at radius 2 is 1.62 bits per heavy atom. The molecule has 0 aromatic heterocycles. The third kappa shape index (κ3) is 3.71. The molecule has 0 saturated heterocycles. The van der Waals surface area contributed by atoms with Crippen molar-refractivity contribution >= 4 is 0 Å². The van der Waals surface area contributed by atoms with Crippen molar-refractivity contribution < 1.29 is 20.4 Å². The van der Waals surface area contributed by atoms with E-state index < -0.39 is 23.4 Å². The van der Waals surface area contributed by atoms with E-state index in [1.54, 1.807) is 0 Å². The van der Waals surface area contributed by atoms with Crippen molar-refractivity contribution in [3.8, 4) is 0 Å². The fourth-order valence-electron chi connectivity index (χ4n) is 9.30. The zero-order chi connectivity index (χ0) is 23.7. The first kappa shape index (κ1) is 24.9. The first-order chi connectivity index (χ1) is 14.7. The first-order valence-electron chi connectivity index (χ1n) is 13.5. The van der Waals surface area contributed by atoms with Gasteiger partial charge in [0.15, 0.2) is 0 Å². The zero-order valence-corrected chi connectivity index (χ0v) is 21.5. The quantitative estimate of drug-likeness (QED) is 0.479. The summed E-state index contributed by atoms with van der Waals surface area (Å²) in [7, 11) is 0. The van der Waals surface area contributed by atoms with Crippen molar-refractivity contribution in [1.29, 1.82) is 0 Å². The molecule has 4 heteroatoms. The Kier molecular flexibility index (Phi) is 6.40. The Labute approximate surface area is 196 Å². The highest BCUT2D eigenvalue weighted by Crippen LogP contribution is 2.69. The Hall–Kier alpha value is -0.160. The zero-order valence-electron chi connectivity index (χ0n) is 21.5. The smallest absolute Gasteiger partial charge is 0.0985 e. The minimum atomic E-state index is -1.14. The van der Waals surface area contributed by atoms with Crippen LogP contribution in [0.25, 0.3) is 0 Å². The van der Waals surface area contributed by atoms with Gasteiger partial charge in [-0.25, -0.2) is 0 Å². The van der Waals surface area contributed by atoms with Gasteiger partial charge in [0.2, 0.25) is 0 Å². The summed E-state index contributed by atoms with van der Waals surface area (Å²) < 4.78 is 0. The van der Waals surface area contributed by atoms with E-state index in [1.165, 1.54) is 25.7 Å². The van der Waals surface area contributed by atoms with Gasteiger partial charge in [0, 0.05) is 11.8 Å². The summed E-state index contributed by atoms with van der Waals surface area (Å²) in [6, 6.07) is 0. The predicted molar refractivity (Wildman–Crippen MR) is 128 cm³/mol. The Morgan fingerprint density at radius 3 is 2.28 bits per heavy atom. The summed E-state index contributed by atoms with van der Waals surface area (Å²) >= 11 is 0. The molecule has 4 N–H and O–H groups in total. The molecule has 32 heavy (non-hydrogen) atoms. The van der Waals surface area contributed by atoms with Crippen LogP contribution in [0.5, 0.6) is 0 Å². The highest BCUT2D eigenvalue weighted by Gasteiger charge is 2.67. The van der Waals surface area contributed by atoms with E-state index in [9.17, 15) is 20.4 Å². The van der Waals surface area contributed by atoms with Gasteiger partial charge in [-0.05, 0) is 106 Å². The van der Waals surface area contributed by atoms with Gasteiger partial charge in [0.1, 0.15) is 0 Å². The van der Waals surface area contributed by atoms with E-state index in [0.717, 1.165) is 25.7 Å². The lowest BCUT2D eigenvalue weighted by Gasteiger charge is -2.65. The van der Waals surface area contributed by atoms with Crippen molar-refractivity contribution in [2.45, 2.75) is 129 Å². The summed E-state index contributed by atoms with van der Waals surface area (Å²) in [4.78, 5) is 0. The van der Waals surface area contributed by atoms with Crippen LogP contribution in [-0.4, -0.2) is 43.8 Å². The molecule has 4 saturated carbocycles. The lowest BCUT2D eigenvalue weighted by Crippen LogP contribution is -2.68. The highest BCUT2D eigenvalue weighted by atomic mass is 16.3. The van der Waals surface area contributed by atoms with Crippen LogP contribution in [0.2, 0.25) is 0 Å². The van der Waals surface area contributed by atoms with Gasteiger partial charge in [-0.2, -0.15) is 0 Å². The molecular formula is C28H50O4. The van der Waals surface area contributed by atoms with Crippen LogP contribution < -0.4 is 0 Å². The number of hydrogen-bond donors (Lipinski definition) is 4. The number of aliphatic hydroxyl groups excluding tert-OH is 2. The molecule has 0 amide bonds. The second kappa shape index (κ2) is 8.21. The maximum Gasteiger partial charge on any atom is 0.0985 e. The van der Waals surface area contributed by atoms with Gasteiger partial charge in [-0.15, -0.1) is 0 Å². The van der Waals surface area contributed by atoms with Crippen molar-refractivity contribution in [2.24, 2.45) is 46.3 Å². The average Bonchev–Trinajstić information content (AvgIpc) is 3.05. The van der Waals surface area contributed by atoms with Gasteiger partial charge in [0.25, 0.3) is 0 Å². The average molecular weight is 451 g/mol. The molecule has 4 aliphatic rings. The van der Waals surface area contributed by atoms with Crippen molar-refractivity contribution in [3.05, 3.63) is 0 Å². The van der Waals surface area contributed by atoms with Crippen LogP contribution in [0, 0.1) is 46.3 Å². The summed E-state index contributed by atoms with van der Waals surface area (Å²) in [5, 5.41) is 43.5. The van der Waals surface area contributed by atoms with Crippen molar-refractivity contribution in [1.82, 2.24) is 0 Å². The molecule has 0 spiro atoms. The van der Waals surface area contributed by atoms with E-state index in [0.29, 0.717) is 53.8 Å². The summed E-state index contributed by atoms with van der Waals surface area (Å²) in [6.45, 7) is 13.2. The molecule has 0 aliphatic heterocycles. The molecule has 0 unspecified atom stereocenters. The lowest BCUT2D eigenvalue weighted by atomic mass is 9.42. The van der Waals surface area contributed by atoms with Crippen LogP contribution in [-0.2, 0) is 0 Å². The second-order valence-electron chi connectivity index (χ2n) is 13.7. The maximum atomic E-state index is 11.6. The van der Waals surface area contributed by atoms with Crippen LogP contribution in [0.15, 0.2) is 0 Å². The molecule has 0 bridgehead atoms. The van der Waals surface area contributed by atoms with E-state index in [2.05, 4.69) is 27.7 Å². The second-order valence-corrected chi connectivity index (χ2v) is 13.7. The van der Waals surface area contributed by atoms with Gasteiger partial charge in [-0.1, -0.05) is 34.1 Å². The maximum absolute atomic E-state index is 11.6.